The van der Waals surface area contributed by atoms with Gasteiger partial charge >= 0.3 is 6.03 Å². The van der Waals surface area contributed by atoms with E-state index < -0.39 is 12.1 Å². The average molecular weight is 452 g/mol. The van der Waals surface area contributed by atoms with E-state index in [1.165, 1.54) is 4.90 Å². The zero-order valence-corrected chi connectivity index (χ0v) is 18.7. The van der Waals surface area contributed by atoms with E-state index in [9.17, 15) is 14.4 Å². The lowest BCUT2D eigenvalue weighted by molar-refractivity contribution is -0.128. The Morgan fingerprint density at radius 3 is 2.48 bits per heavy atom. The van der Waals surface area contributed by atoms with Gasteiger partial charge in [0.05, 0.1) is 7.11 Å². The van der Waals surface area contributed by atoms with Gasteiger partial charge in [-0.05, 0) is 49.1 Å². The van der Waals surface area contributed by atoms with Crippen LogP contribution in [0.2, 0.25) is 0 Å². The average Bonchev–Trinajstić information content (AvgIpc) is 3.11. The highest BCUT2D eigenvalue weighted by molar-refractivity contribution is 6.04. The largest absolute Gasteiger partial charge is 0.497 e. The van der Waals surface area contributed by atoms with Crippen molar-refractivity contribution in [2.24, 2.45) is 0 Å². The van der Waals surface area contributed by atoms with E-state index >= 15 is 0 Å². The third-order valence-electron chi connectivity index (χ3n) is 6.44. The normalized spacial score (nSPS) is 19.8. The van der Waals surface area contributed by atoms with Crippen LogP contribution in [-0.4, -0.2) is 55.7 Å². The maximum atomic E-state index is 13.1. The van der Waals surface area contributed by atoms with Gasteiger partial charge in [-0.1, -0.05) is 30.3 Å². The summed E-state index contributed by atoms with van der Waals surface area (Å²) in [7, 11) is 1.62. The lowest BCUT2D eigenvalue weighted by Crippen LogP contribution is -2.47. The Morgan fingerprint density at radius 1 is 1.12 bits per heavy atom. The second kappa shape index (κ2) is 10.0. The number of carbonyl (C=O) groups excluding carboxylic acids is 3. The van der Waals surface area contributed by atoms with Gasteiger partial charge in [0, 0.05) is 37.3 Å². The molecule has 2 aromatic carbocycles. The molecule has 0 radical (unpaired) electrons. The molecule has 0 spiro atoms. The molecule has 4 amide bonds. The van der Waals surface area contributed by atoms with E-state index in [1.807, 2.05) is 42.5 Å². The molecule has 4 rings (SSSR count). The van der Waals surface area contributed by atoms with Crippen LogP contribution in [0.15, 0.2) is 54.6 Å². The molecule has 2 saturated heterocycles. The number of nitrogens with one attached hydrogen (secondary N) is 2. The number of nitrogens with zero attached hydrogens (tertiary/aromatic N) is 1. The number of para-hydroxylation sites is 1. The van der Waals surface area contributed by atoms with E-state index in [2.05, 4.69) is 10.6 Å². The molecule has 0 aromatic heterocycles. The van der Waals surface area contributed by atoms with E-state index in [-0.39, 0.29) is 36.6 Å². The van der Waals surface area contributed by atoms with Crippen LogP contribution in [0.4, 0.5) is 10.5 Å². The van der Waals surface area contributed by atoms with Crippen LogP contribution < -0.4 is 15.4 Å². The molecule has 0 aliphatic carbocycles. The van der Waals surface area contributed by atoms with Crippen LogP contribution >= 0.6 is 0 Å². The van der Waals surface area contributed by atoms with Gasteiger partial charge in [-0.15, -0.1) is 0 Å². The first-order valence-electron chi connectivity index (χ1n) is 11.2. The minimum atomic E-state index is -0.702. The molecule has 8 nitrogen and oxygen atoms in total. The second-order valence-electron chi connectivity index (χ2n) is 8.50. The number of methoxy groups -OCH3 is 1. The van der Waals surface area contributed by atoms with Gasteiger partial charge in [0.1, 0.15) is 11.8 Å². The summed E-state index contributed by atoms with van der Waals surface area (Å²) in [5, 5.41) is 5.56. The molecule has 33 heavy (non-hydrogen) atoms. The van der Waals surface area contributed by atoms with Crippen LogP contribution in [0.3, 0.4) is 0 Å². The molecular weight excluding hydrogens is 422 g/mol. The Bertz CT molecular complexity index is 987. The van der Waals surface area contributed by atoms with Gasteiger partial charge in [0.2, 0.25) is 5.91 Å². The molecule has 2 heterocycles. The van der Waals surface area contributed by atoms with Crippen molar-refractivity contribution in [1.29, 1.82) is 0 Å². The topological polar surface area (TPSA) is 97.0 Å². The van der Waals surface area contributed by atoms with Crippen molar-refractivity contribution in [2.45, 2.75) is 37.1 Å². The molecular formula is C25H29N3O5. The van der Waals surface area contributed by atoms with Gasteiger partial charge in [-0.25, -0.2) is 4.79 Å². The fourth-order valence-corrected chi connectivity index (χ4v) is 4.49. The lowest BCUT2D eigenvalue weighted by atomic mass is 9.73. The number of carbonyl (C=O) groups is 3. The molecule has 0 unspecified atom stereocenters. The first-order chi connectivity index (χ1) is 16.0. The molecule has 174 valence electrons. The molecule has 2 N–H and O–H groups in total. The summed E-state index contributed by atoms with van der Waals surface area (Å²) in [4.78, 5) is 39.4. The maximum absolute atomic E-state index is 13.1. The highest BCUT2D eigenvalue weighted by Gasteiger charge is 2.44. The number of ether oxygens (including phenoxy) is 2. The van der Waals surface area contributed by atoms with Crippen molar-refractivity contribution in [3.63, 3.8) is 0 Å². The van der Waals surface area contributed by atoms with E-state index in [4.69, 9.17) is 9.47 Å². The highest BCUT2D eigenvalue weighted by atomic mass is 16.5. The summed E-state index contributed by atoms with van der Waals surface area (Å²) in [6.45, 7) is 1.41. The van der Waals surface area contributed by atoms with Gasteiger partial charge in [0.15, 0.2) is 0 Å². The van der Waals surface area contributed by atoms with Gasteiger partial charge in [0.25, 0.3) is 5.91 Å². The number of hydrogen-bond acceptors (Lipinski definition) is 5. The van der Waals surface area contributed by atoms with Crippen molar-refractivity contribution < 1.29 is 23.9 Å². The van der Waals surface area contributed by atoms with Gasteiger partial charge in [-0.3, -0.25) is 14.5 Å². The fraction of sp³-hybridized carbons (Fsp3) is 0.400. The van der Waals surface area contributed by atoms with Gasteiger partial charge < -0.3 is 20.1 Å². The minimum absolute atomic E-state index is 0.136. The third kappa shape index (κ3) is 5.17. The zero-order valence-electron chi connectivity index (χ0n) is 18.7. The molecule has 2 aromatic rings. The molecule has 0 saturated carbocycles. The summed E-state index contributed by atoms with van der Waals surface area (Å²) in [6, 6.07) is 15.8. The van der Waals surface area contributed by atoms with Crippen LogP contribution in [0.1, 0.15) is 31.2 Å². The molecule has 1 atom stereocenters. The lowest BCUT2D eigenvalue weighted by Gasteiger charge is -2.39. The van der Waals surface area contributed by atoms with E-state index in [0.29, 0.717) is 31.7 Å². The summed E-state index contributed by atoms with van der Waals surface area (Å²) in [6.07, 6.45) is 1.80. The van der Waals surface area contributed by atoms with Crippen molar-refractivity contribution in [1.82, 2.24) is 10.2 Å². The standard InChI is InChI=1S/C25H29N3O5/c1-32-20-9-7-18(8-10-20)25(13-15-33-16-14-25)17-28-23(30)21(27-24(28)31)11-12-22(29)26-19-5-3-2-4-6-19/h2-10,21H,11-17H2,1H3,(H,26,29)(H,27,31)/t21-/m1/s1. The van der Waals surface area contributed by atoms with Crippen molar-refractivity contribution in [3.8, 4) is 5.75 Å². The van der Waals surface area contributed by atoms with Crippen molar-refractivity contribution >= 4 is 23.5 Å². The van der Waals surface area contributed by atoms with E-state index in [0.717, 1.165) is 11.3 Å². The summed E-state index contributed by atoms with van der Waals surface area (Å²) >= 11 is 0. The Hall–Kier alpha value is -3.39. The Kier molecular flexibility index (Phi) is 6.93. The zero-order chi connectivity index (χ0) is 23.3. The third-order valence-corrected chi connectivity index (χ3v) is 6.44. The summed E-state index contributed by atoms with van der Waals surface area (Å²) in [5.74, 6) is 0.275. The number of urea groups is 1. The number of rotatable bonds is 8. The number of imide groups is 1. The Morgan fingerprint density at radius 2 is 1.82 bits per heavy atom. The van der Waals surface area contributed by atoms with Crippen LogP contribution in [-0.2, 0) is 19.7 Å². The first kappa shape index (κ1) is 22.8. The maximum Gasteiger partial charge on any atom is 0.324 e. The smallest absolute Gasteiger partial charge is 0.324 e. The van der Waals surface area contributed by atoms with Crippen LogP contribution in [0, 0.1) is 0 Å². The fourth-order valence-electron chi connectivity index (χ4n) is 4.49. The number of anilines is 1. The molecule has 2 aliphatic rings. The first-order valence-corrected chi connectivity index (χ1v) is 11.2. The molecule has 2 fully saturated rings. The molecule has 0 bridgehead atoms. The molecule has 8 heteroatoms. The Balaban J connectivity index is 1.41. The monoisotopic (exact) mass is 451 g/mol. The van der Waals surface area contributed by atoms with Crippen LogP contribution in [0.25, 0.3) is 0 Å². The van der Waals surface area contributed by atoms with E-state index in [1.54, 1.807) is 19.2 Å². The summed E-state index contributed by atoms with van der Waals surface area (Å²) in [5.41, 5.74) is 1.38. The predicted octanol–water partition coefficient (Wildman–Crippen LogP) is 3.08. The predicted molar refractivity (Wildman–Crippen MR) is 123 cm³/mol. The van der Waals surface area contributed by atoms with Crippen molar-refractivity contribution in [2.75, 3.05) is 32.2 Å². The van der Waals surface area contributed by atoms with Crippen molar-refractivity contribution in [3.05, 3.63) is 60.2 Å². The minimum Gasteiger partial charge on any atom is -0.497 e. The molecule has 2 aliphatic heterocycles. The number of hydrogen-bond donors (Lipinski definition) is 2. The van der Waals surface area contributed by atoms with Crippen LogP contribution in [0.5, 0.6) is 5.75 Å². The van der Waals surface area contributed by atoms with Gasteiger partial charge in [-0.2, -0.15) is 0 Å². The number of benzene rings is 2. The number of amides is 4. The summed E-state index contributed by atoms with van der Waals surface area (Å²) < 4.78 is 10.8. The second-order valence-corrected chi connectivity index (χ2v) is 8.50. The quantitative estimate of drug-likeness (QED) is 0.602. The highest BCUT2D eigenvalue weighted by Crippen LogP contribution is 2.37. The Labute approximate surface area is 193 Å². The SMILES string of the molecule is COc1ccc(C2(CN3C(=O)N[C@H](CCC(=O)Nc4ccccc4)C3=O)CCOCC2)cc1.